The number of nitrogens with zero attached hydrogens (tertiary/aromatic N) is 2. The second-order valence-electron chi connectivity index (χ2n) is 7.14. The third kappa shape index (κ3) is 4.48. The molecular formula is C18H20ClF3N4O3S. The van der Waals surface area contributed by atoms with Gasteiger partial charge in [-0.25, -0.2) is 26.3 Å². The Balaban J connectivity index is 1.84. The molecule has 2 N–H and O–H groups in total. The maximum absolute atomic E-state index is 14.9. The number of piperidine rings is 1. The molecule has 30 heavy (non-hydrogen) atoms. The van der Waals surface area contributed by atoms with Gasteiger partial charge in [0.1, 0.15) is 21.4 Å². The number of likely N-dealkylation sites (tertiary alicyclic amines) is 1. The van der Waals surface area contributed by atoms with E-state index in [1.54, 1.807) is 0 Å². The normalized spacial score (nSPS) is 16.1. The molecule has 2 aromatic rings. The Bertz CT molecular complexity index is 1080. The molecule has 1 aromatic carbocycles. The first-order valence-corrected chi connectivity index (χ1v) is 10.9. The van der Waals surface area contributed by atoms with E-state index in [0.717, 1.165) is 22.9 Å². The number of hydrogen-bond acceptors (Lipinski definition) is 4. The molecule has 1 aliphatic heterocycles. The van der Waals surface area contributed by atoms with Crippen LogP contribution in [0.4, 0.5) is 18.9 Å². The molecule has 0 saturated carbocycles. The molecule has 164 valence electrons. The number of sulfonamides is 1. The molecule has 1 amide bonds. The quantitative estimate of drug-likeness (QED) is 0.666. The number of rotatable bonds is 5. The lowest BCUT2D eigenvalue weighted by Crippen LogP contribution is -2.43. The second-order valence-corrected chi connectivity index (χ2v) is 9.20. The summed E-state index contributed by atoms with van der Waals surface area (Å²) in [4.78, 5) is 13.8. The van der Waals surface area contributed by atoms with Gasteiger partial charge in [0.2, 0.25) is 10.0 Å². The second kappa shape index (κ2) is 8.58. The van der Waals surface area contributed by atoms with Crippen molar-refractivity contribution in [1.82, 2.24) is 14.2 Å². The maximum atomic E-state index is 14.9. The van der Waals surface area contributed by atoms with Gasteiger partial charge in [-0.15, -0.1) is 0 Å². The van der Waals surface area contributed by atoms with Gasteiger partial charge in [-0.1, -0.05) is 11.6 Å². The zero-order valence-corrected chi connectivity index (χ0v) is 17.7. The number of aryl methyl sites for hydroxylation is 1. The molecule has 0 aliphatic carbocycles. The third-order valence-corrected chi connectivity index (χ3v) is 6.77. The summed E-state index contributed by atoms with van der Waals surface area (Å²) in [6.07, 6.45) is 2.11. The zero-order chi connectivity index (χ0) is 22.2. The molecule has 1 aromatic heterocycles. The molecule has 0 radical (unpaired) electrons. The minimum Gasteiger partial charge on any atom is -0.343 e. The van der Waals surface area contributed by atoms with Crippen LogP contribution < -0.4 is 10.0 Å². The predicted molar refractivity (Wildman–Crippen MR) is 106 cm³/mol. The van der Waals surface area contributed by atoms with E-state index in [2.05, 4.69) is 14.9 Å². The lowest BCUT2D eigenvalue weighted by Gasteiger charge is -2.29. The van der Waals surface area contributed by atoms with Gasteiger partial charge in [-0.2, -0.15) is 0 Å². The smallest absolute Gasteiger partial charge is 0.275 e. The van der Waals surface area contributed by atoms with Crippen molar-refractivity contribution in [2.75, 3.05) is 25.5 Å². The fraction of sp³-hybridized carbons (Fsp3) is 0.389. The first-order chi connectivity index (χ1) is 14.0. The fourth-order valence-corrected chi connectivity index (χ4v) is 4.82. The van der Waals surface area contributed by atoms with E-state index in [1.165, 1.54) is 7.05 Å². The maximum Gasteiger partial charge on any atom is 0.275 e. The number of aromatic nitrogens is 1. The first kappa shape index (κ1) is 22.6. The minimum atomic E-state index is -4.23. The van der Waals surface area contributed by atoms with Crippen molar-refractivity contribution >= 4 is 33.2 Å². The lowest BCUT2D eigenvalue weighted by molar-refractivity contribution is 0.101. The van der Waals surface area contributed by atoms with E-state index < -0.39 is 54.7 Å². The lowest BCUT2D eigenvalue weighted by atomic mass is 10.1. The van der Waals surface area contributed by atoms with Gasteiger partial charge in [0, 0.05) is 19.3 Å². The van der Waals surface area contributed by atoms with Gasteiger partial charge in [0.25, 0.3) is 5.91 Å². The monoisotopic (exact) mass is 464 g/mol. The summed E-state index contributed by atoms with van der Waals surface area (Å²) in [5.74, 6) is -4.64. The van der Waals surface area contributed by atoms with Gasteiger partial charge >= 0.3 is 0 Å². The summed E-state index contributed by atoms with van der Waals surface area (Å²) in [6.45, 7) is 1.40. The average molecular weight is 465 g/mol. The summed E-state index contributed by atoms with van der Waals surface area (Å²) < 4.78 is 71.0. The van der Waals surface area contributed by atoms with Gasteiger partial charge in [0.15, 0.2) is 11.6 Å². The molecule has 0 atom stereocenters. The molecule has 3 rings (SSSR count). The molecular weight excluding hydrogens is 445 g/mol. The highest BCUT2D eigenvalue weighted by molar-refractivity contribution is 7.89. The number of carbonyl (C=O) groups is 1. The van der Waals surface area contributed by atoms with E-state index in [9.17, 15) is 26.4 Å². The molecule has 1 fully saturated rings. The van der Waals surface area contributed by atoms with Crippen molar-refractivity contribution in [3.8, 4) is 0 Å². The molecule has 0 unspecified atom stereocenters. The Morgan fingerprint density at radius 1 is 1.13 bits per heavy atom. The van der Waals surface area contributed by atoms with Crippen LogP contribution in [-0.2, 0) is 17.1 Å². The number of amides is 1. The predicted octanol–water partition coefficient (Wildman–Crippen LogP) is 2.72. The summed E-state index contributed by atoms with van der Waals surface area (Å²) >= 11 is 5.47. The Hall–Kier alpha value is -2.08. The Morgan fingerprint density at radius 3 is 2.40 bits per heavy atom. The van der Waals surface area contributed by atoms with Crippen LogP contribution in [0.3, 0.4) is 0 Å². The number of hydrogen-bond donors (Lipinski definition) is 2. The number of anilines is 1. The highest BCUT2D eigenvalue weighted by Gasteiger charge is 2.31. The summed E-state index contributed by atoms with van der Waals surface area (Å²) in [5.41, 5.74) is -1.10. The van der Waals surface area contributed by atoms with E-state index in [-0.39, 0.29) is 6.04 Å². The summed E-state index contributed by atoms with van der Waals surface area (Å²) in [6, 6.07) is 1.41. The molecule has 2 heterocycles. The van der Waals surface area contributed by atoms with Crippen LogP contribution in [0.1, 0.15) is 23.3 Å². The van der Waals surface area contributed by atoms with Crippen molar-refractivity contribution in [3.05, 3.63) is 46.5 Å². The first-order valence-electron chi connectivity index (χ1n) is 9.01. The van der Waals surface area contributed by atoms with Gasteiger partial charge < -0.3 is 14.8 Å². The Kier molecular flexibility index (Phi) is 6.46. The van der Waals surface area contributed by atoms with Crippen molar-refractivity contribution in [1.29, 1.82) is 0 Å². The SMILES string of the molecule is CN1CCC(NS(=O)(=O)c2cn(C)c(C(=O)Nc3ccc(F)c(Cl)c3F)c2F)CC1. The summed E-state index contributed by atoms with van der Waals surface area (Å²) in [5, 5.41) is 1.25. The third-order valence-electron chi connectivity index (χ3n) is 4.92. The highest BCUT2D eigenvalue weighted by atomic mass is 35.5. The van der Waals surface area contributed by atoms with Gasteiger partial charge in [-0.05, 0) is 45.1 Å². The van der Waals surface area contributed by atoms with Gasteiger partial charge in [0.05, 0.1) is 5.69 Å². The highest BCUT2D eigenvalue weighted by Crippen LogP contribution is 2.27. The Labute approximate surface area is 176 Å². The number of benzene rings is 1. The summed E-state index contributed by atoms with van der Waals surface area (Å²) in [7, 11) is -1.03. The van der Waals surface area contributed by atoms with Crippen LogP contribution in [-0.4, -0.2) is 50.0 Å². The van der Waals surface area contributed by atoms with E-state index in [0.29, 0.717) is 25.9 Å². The van der Waals surface area contributed by atoms with Crippen LogP contribution in [0.5, 0.6) is 0 Å². The largest absolute Gasteiger partial charge is 0.343 e. The van der Waals surface area contributed by atoms with Crippen molar-refractivity contribution in [3.63, 3.8) is 0 Å². The van der Waals surface area contributed by atoms with Crippen molar-refractivity contribution < 1.29 is 26.4 Å². The molecule has 7 nitrogen and oxygen atoms in total. The Morgan fingerprint density at radius 2 is 1.77 bits per heavy atom. The van der Waals surface area contributed by atoms with Crippen LogP contribution in [0.25, 0.3) is 0 Å². The van der Waals surface area contributed by atoms with Crippen LogP contribution in [0.2, 0.25) is 5.02 Å². The number of halogens is 4. The van der Waals surface area contributed by atoms with E-state index in [4.69, 9.17) is 11.6 Å². The van der Waals surface area contributed by atoms with Crippen LogP contribution in [0.15, 0.2) is 23.2 Å². The standard InChI is InChI=1S/C18H20ClF3N4O3S/c1-25-7-5-10(6-8-25)24-30(28,29)13-9-26(2)17(16(13)22)18(27)23-12-4-3-11(20)14(19)15(12)21/h3-4,9-10,24H,5-8H2,1-2H3,(H,23,27). The molecule has 0 bridgehead atoms. The minimum absolute atomic E-state index is 0.349. The zero-order valence-electron chi connectivity index (χ0n) is 16.2. The number of carbonyl (C=O) groups excluding carboxylic acids is 1. The van der Waals surface area contributed by atoms with E-state index >= 15 is 0 Å². The molecule has 1 saturated heterocycles. The topological polar surface area (TPSA) is 83.4 Å². The molecule has 12 heteroatoms. The van der Waals surface area contributed by atoms with Crippen LogP contribution >= 0.6 is 11.6 Å². The van der Waals surface area contributed by atoms with Crippen molar-refractivity contribution in [2.45, 2.75) is 23.8 Å². The molecule has 1 aliphatic rings. The van der Waals surface area contributed by atoms with Crippen molar-refractivity contribution in [2.24, 2.45) is 7.05 Å². The number of nitrogens with one attached hydrogen (secondary N) is 2. The van der Waals surface area contributed by atoms with Crippen LogP contribution in [0, 0.1) is 17.5 Å². The fourth-order valence-electron chi connectivity index (χ4n) is 3.23. The molecule has 0 spiro atoms. The van der Waals surface area contributed by atoms with Gasteiger partial charge in [-0.3, -0.25) is 4.79 Å². The average Bonchev–Trinajstić information content (AvgIpc) is 2.99. The van der Waals surface area contributed by atoms with E-state index in [1.807, 2.05) is 7.05 Å².